The SMILES string of the molecule is COCCO[C@@H]1CCN(C(=O)c2ccc(C)o2)[C@@H]1Cc1cccnc1. The van der Waals surface area contributed by atoms with Crippen LogP contribution in [0.2, 0.25) is 0 Å². The summed E-state index contributed by atoms with van der Waals surface area (Å²) in [6, 6.07) is 7.44. The van der Waals surface area contributed by atoms with Crippen molar-refractivity contribution in [2.75, 3.05) is 26.9 Å². The van der Waals surface area contributed by atoms with Crippen LogP contribution in [-0.4, -0.2) is 54.8 Å². The number of carbonyl (C=O) groups excluding carboxylic acids is 1. The number of rotatable bonds is 7. The number of methoxy groups -OCH3 is 1. The van der Waals surface area contributed by atoms with Gasteiger partial charge in [-0.15, -0.1) is 0 Å². The fourth-order valence-electron chi connectivity index (χ4n) is 3.25. The number of likely N-dealkylation sites (tertiary alicyclic amines) is 1. The standard InChI is InChI=1S/C19H24N2O4/c1-14-5-6-18(25-14)19(22)21-9-7-17(24-11-10-23-2)16(21)12-15-4-3-8-20-13-15/h3-6,8,13,16-17H,7,9-12H2,1-2H3/t16-,17-/m1/s1. The summed E-state index contributed by atoms with van der Waals surface area (Å²) in [5.41, 5.74) is 1.09. The van der Waals surface area contributed by atoms with E-state index in [0.29, 0.717) is 31.9 Å². The van der Waals surface area contributed by atoms with Crippen molar-refractivity contribution in [1.82, 2.24) is 9.88 Å². The quantitative estimate of drug-likeness (QED) is 0.722. The first-order valence-electron chi connectivity index (χ1n) is 8.56. The molecule has 2 aromatic rings. The molecule has 0 saturated carbocycles. The molecule has 2 atom stereocenters. The summed E-state index contributed by atoms with van der Waals surface area (Å²) in [5, 5.41) is 0. The first kappa shape index (κ1) is 17.6. The number of ether oxygens (including phenoxy) is 2. The Labute approximate surface area is 147 Å². The van der Waals surface area contributed by atoms with E-state index in [-0.39, 0.29) is 18.1 Å². The molecule has 25 heavy (non-hydrogen) atoms. The van der Waals surface area contributed by atoms with Gasteiger partial charge in [-0.2, -0.15) is 0 Å². The molecule has 2 aromatic heterocycles. The van der Waals surface area contributed by atoms with E-state index >= 15 is 0 Å². The van der Waals surface area contributed by atoms with Crippen molar-refractivity contribution in [3.8, 4) is 0 Å². The Morgan fingerprint density at radius 3 is 2.92 bits per heavy atom. The Morgan fingerprint density at radius 2 is 2.24 bits per heavy atom. The Morgan fingerprint density at radius 1 is 1.36 bits per heavy atom. The molecular formula is C19H24N2O4. The summed E-state index contributed by atoms with van der Waals surface area (Å²) in [7, 11) is 1.65. The lowest BCUT2D eigenvalue weighted by molar-refractivity contribution is 0.0000770. The maximum absolute atomic E-state index is 12.9. The number of pyridine rings is 1. The Kier molecular flexibility index (Phi) is 5.83. The zero-order valence-electron chi connectivity index (χ0n) is 14.7. The van der Waals surface area contributed by atoms with Gasteiger partial charge in [0.25, 0.3) is 5.91 Å². The van der Waals surface area contributed by atoms with Crippen molar-refractivity contribution >= 4 is 5.91 Å². The minimum atomic E-state index is -0.0835. The second-order valence-electron chi connectivity index (χ2n) is 6.23. The number of amides is 1. The molecule has 0 radical (unpaired) electrons. The maximum atomic E-state index is 12.9. The van der Waals surface area contributed by atoms with E-state index in [4.69, 9.17) is 13.9 Å². The molecule has 1 amide bonds. The van der Waals surface area contributed by atoms with Gasteiger partial charge in [0.2, 0.25) is 0 Å². The second-order valence-corrected chi connectivity index (χ2v) is 6.23. The normalized spacial score (nSPS) is 20.2. The highest BCUT2D eigenvalue weighted by molar-refractivity contribution is 5.92. The van der Waals surface area contributed by atoms with Crippen molar-refractivity contribution in [1.29, 1.82) is 0 Å². The molecule has 3 heterocycles. The highest BCUT2D eigenvalue weighted by Crippen LogP contribution is 2.26. The molecule has 3 rings (SSSR count). The Bertz CT molecular complexity index is 686. The third-order valence-electron chi connectivity index (χ3n) is 4.48. The van der Waals surface area contributed by atoms with Gasteiger partial charge in [-0.05, 0) is 43.5 Å². The summed E-state index contributed by atoms with van der Waals surface area (Å²) in [5.74, 6) is 1.03. The monoisotopic (exact) mass is 344 g/mol. The van der Waals surface area contributed by atoms with Crippen LogP contribution in [0.1, 0.15) is 28.3 Å². The zero-order chi connectivity index (χ0) is 17.6. The molecule has 0 N–H and O–H groups in total. The third kappa shape index (κ3) is 4.27. The molecule has 0 aromatic carbocycles. The average Bonchev–Trinajstić information content (AvgIpc) is 3.22. The van der Waals surface area contributed by atoms with Crippen LogP contribution < -0.4 is 0 Å². The molecule has 0 bridgehead atoms. The Hall–Kier alpha value is -2.18. The molecule has 6 nitrogen and oxygen atoms in total. The molecule has 0 unspecified atom stereocenters. The lowest BCUT2D eigenvalue weighted by Crippen LogP contribution is -2.42. The summed E-state index contributed by atoms with van der Waals surface area (Å²) in [6.07, 6.45) is 5.08. The lowest BCUT2D eigenvalue weighted by Gasteiger charge is -2.27. The first-order valence-corrected chi connectivity index (χ1v) is 8.56. The van der Waals surface area contributed by atoms with Gasteiger partial charge in [-0.1, -0.05) is 6.07 Å². The number of aryl methyl sites for hydroxylation is 1. The number of hydrogen-bond donors (Lipinski definition) is 0. The van der Waals surface area contributed by atoms with Crippen LogP contribution in [0.25, 0.3) is 0 Å². The Balaban J connectivity index is 1.76. The van der Waals surface area contributed by atoms with Crippen LogP contribution in [0.4, 0.5) is 0 Å². The summed E-state index contributed by atoms with van der Waals surface area (Å²) >= 11 is 0. The number of carbonyl (C=O) groups is 1. The van der Waals surface area contributed by atoms with Gasteiger partial charge in [0.05, 0.1) is 25.4 Å². The van der Waals surface area contributed by atoms with Gasteiger partial charge in [0.15, 0.2) is 5.76 Å². The van der Waals surface area contributed by atoms with E-state index in [9.17, 15) is 4.79 Å². The molecular weight excluding hydrogens is 320 g/mol. The zero-order valence-corrected chi connectivity index (χ0v) is 14.7. The van der Waals surface area contributed by atoms with Gasteiger partial charge in [-0.3, -0.25) is 9.78 Å². The van der Waals surface area contributed by atoms with Crippen molar-refractivity contribution in [3.05, 3.63) is 53.7 Å². The van der Waals surface area contributed by atoms with E-state index < -0.39 is 0 Å². The summed E-state index contributed by atoms with van der Waals surface area (Å²) in [6.45, 7) is 3.56. The number of aromatic nitrogens is 1. The molecule has 1 fully saturated rings. The number of hydrogen-bond acceptors (Lipinski definition) is 5. The third-order valence-corrected chi connectivity index (χ3v) is 4.48. The topological polar surface area (TPSA) is 64.8 Å². The second kappa shape index (κ2) is 8.27. The van der Waals surface area contributed by atoms with Crippen LogP contribution >= 0.6 is 0 Å². The first-order chi connectivity index (χ1) is 12.2. The lowest BCUT2D eigenvalue weighted by atomic mass is 10.0. The predicted molar refractivity (Wildman–Crippen MR) is 92.4 cm³/mol. The van der Waals surface area contributed by atoms with Gasteiger partial charge in [0, 0.05) is 26.0 Å². The van der Waals surface area contributed by atoms with Crippen molar-refractivity contribution in [2.45, 2.75) is 31.9 Å². The molecule has 134 valence electrons. The van der Waals surface area contributed by atoms with Gasteiger partial charge in [0.1, 0.15) is 5.76 Å². The molecule has 6 heteroatoms. The van der Waals surface area contributed by atoms with E-state index in [1.807, 2.05) is 36.2 Å². The van der Waals surface area contributed by atoms with Crippen LogP contribution in [-0.2, 0) is 15.9 Å². The highest BCUT2D eigenvalue weighted by Gasteiger charge is 2.38. The van der Waals surface area contributed by atoms with Gasteiger partial charge in [-0.25, -0.2) is 0 Å². The fourth-order valence-corrected chi connectivity index (χ4v) is 3.25. The summed E-state index contributed by atoms with van der Waals surface area (Å²) in [4.78, 5) is 18.9. The van der Waals surface area contributed by atoms with Crippen LogP contribution in [0, 0.1) is 6.92 Å². The van der Waals surface area contributed by atoms with Crippen LogP contribution in [0.3, 0.4) is 0 Å². The van der Waals surface area contributed by atoms with Crippen molar-refractivity contribution in [2.24, 2.45) is 0 Å². The molecule has 1 aliphatic rings. The van der Waals surface area contributed by atoms with E-state index in [2.05, 4.69) is 4.98 Å². The maximum Gasteiger partial charge on any atom is 0.289 e. The van der Waals surface area contributed by atoms with Crippen LogP contribution in [0.15, 0.2) is 41.1 Å². The largest absolute Gasteiger partial charge is 0.456 e. The minimum absolute atomic E-state index is 0.0182. The highest BCUT2D eigenvalue weighted by atomic mass is 16.5. The smallest absolute Gasteiger partial charge is 0.289 e. The van der Waals surface area contributed by atoms with E-state index in [0.717, 1.165) is 17.7 Å². The van der Waals surface area contributed by atoms with Gasteiger partial charge >= 0.3 is 0 Å². The van der Waals surface area contributed by atoms with Gasteiger partial charge < -0.3 is 18.8 Å². The molecule has 1 aliphatic heterocycles. The fraction of sp³-hybridized carbons (Fsp3) is 0.474. The number of furan rings is 1. The molecule has 0 spiro atoms. The predicted octanol–water partition coefficient (Wildman–Crippen LogP) is 2.47. The molecule has 1 saturated heterocycles. The van der Waals surface area contributed by atoms with Crippen molar-refractivity contribution in [3.63, 3.8) is 0 Å². The van der Waals surface area contributed by atoms with Crippen LogP contribution in [0.5, 0.6) is 0 Å². The number of nitrogens with zero attached hydrogens (tertiary/aromatic N) is 2. The average molecular weight is 344 g/mol. The molecule has 0 aliphatic carbocycles. The van der Waals surface area contributed by atoms with E-state index in [1.165, 1.54) is 0 Å². The summed E-state index contributed by atoms with van der Waals surface area (Å²) < 4.78 is 16.6. The van der Waals surface area contributed by atoms with E-state index in [1.54, 1.807) is 19.4 Å². The minimum Gasteiger partial charge on any atom is -0.456 e. The van der Waals surface area contributed by atoms with Crippen molar-refractivity contribution < 1.29 is 18.7 Å².